The highest BCUT2D eigenvalue weighted by molar-refractivity contribution is 7.22. The number of aromatic nitrogens is 3. The van der Waals surface area contributed by atoms with Crippen molar-refractivity contribution in [2.75, 3.05) is 23.7 Å². The molecule has 0 spiro atoms. The lowest BCUT2D eigenvalue weighted by Crippen LogP contribution is -2.44. The molecular formula is C24H22N6O3S. The first-order valence-electron chi connectivity index (χ1n) is 10.9. The number of likely N-dealkylation sites (tertiary alicyclic amines) is 1. The van der Waals surface area contributed by atoms with E-state index in [0.29, 0.717) is 30.3 Å². The lowest BCUT2D eigenvalue weighted by Gasteiger charge is -2.31. The summed E-state index contributed by atoms with van der Waals surface area (Å²) in [6.45, 7) is 0.928. The third kappa shape index (κ3) is 4.53. The molecule has 1 aliphatic rings. The topological polar surface area (TPSA) is 120 Å². The van der Waals surface area contributed by atoms with Crippen molar-refractivity contribution in [2.45, 2.75) is 18.9 Å². The Balaban J connectivity index is 1.52. The van der Waals surface area contributed by atoms with Gasteiger partial charge >= 0.3 is 6.09 Å². The standard InChI is InChI=1S/C24H22N6O3S/c31-23(29-20-13-25-8-9-26-20)18-12-27-22(28-16-7-4-10-30(14-16)24(32)33)17-11-19(34-21(17)18)15-5-2-1-3-6-15/h1-3,5-6,8-9,11-13,16H,4,7,10,14H2,(H,27,28)(H,32,33)(H,26,29,31)/t16-/m0/s1. The van der Waals surface area contributed by atoms with E-state index in [4.69, 9.17) is 0 Å². The van der Waals surface area contributed by atoms with Crippen LogP contribution in [0.5, 0.6) is 0 Å². The van der Waals surface area contributed by atoms with Crippen LogP contribution < -0.4 is 10.6 Å². The zero-order valence-electron chi connectivity index (χ0n) is 18.1. The van der Waals surface area contributed by atoms with Crippen molar-refractivity contribution in [2.24, 2.45) is 0 Å². The van der Waals surface area contributed by atoms with Gasteiger partial charge in [0.25, 0.3) is 5.91 Å². The molecule has 1 fully saturated rings. The Labute approximate surface area is 199 Å². The number of anilines is 2. The molecular weight excluding hydrogens is 452 g/mol. The van der Waals surface area contributed by atoms with E-state index in [1.807, 2.05) is 36.4 Å². The molecule has 34 heavy (non-hydrogen) atoms. The molecule has 1 saturated heterocycles. The summed E-state index contributed by atoms with van der Waals surface area (Å²) in [7, 11) is 0. The Bertz CT molecular complexity index is 1330. The van der Waals surface area contributed by atoms with Gasteiger partial charge in [-0.25, -0.2) is 14.8 Å². The third-order valence-corrected chi connectivity index (χ3v) is 6.91. The maximum atomic E-state index is 13.1. The van der Waals surface area contributed by atoms with Crippen LogP contribution in [0.1, 0.15) is 23.2 Å². The number of pyridine rings is 1. The number of carbonyl (C=O) groups is 2. The molecule has 0 aliphatic carbocycles. The van der Waals surface area contributed by atoms with Gasteiger partial charge in [-0.05, 0) is 24.5 Å². The minimum Gasteiger partial charge on any atom is -0.465 e. The molecule has 10 heteroatoms. The lowest BCUT2D eigenvalue weighted by molar-refractivity contribution is 0.102. The molecule has 4 aromatic rings. The summed E-state index contributed by atoms with van der Waals surface area (Å²) < 4.78 is 0.795. The molecule has 0 radical (unpaired) electrons. The van der Waals surface area contributed by atoms with Crippen molar-refractivity contribution in [3.63, 3.8) is 0 Å². The molecule has 2 amide bonds. The van der Waals surface area contributed by atoms with Crippen LogP contribution in [0, 0.1) is 0 Å². The number of thiophene rings is 1. The molecule has 1 aromatic carbocycles. The van der Waals surface area contributed by atoms with E-state index in [1.54, 1.807) is 6.20 Å². The molecule has 4 heterocycles. The fourth-order valence-corrected chi connectivity index (χ4v) is 5.23. The van der Waals surface area contributed by atoms with Gasteiger partial charge in [-0.2, -0.15) is 0 Å². The Hall–Kier alpha value is -4.05. The lowest BCUT2D eigenvalue weighted by atomic mass is 10.1. The molecule has 5 rings (SSSR count). The van der Waals surface area contributed by atoms with Gasteiger partial charge in [0.05, 0.1) is 16.5 Å². The van der Waals surface area contributed by atoms with Crippen molar-refractivity contribution >= 4 is 45.1 Å². The van der Waals surface area contributed by atoms with Gasteiger partial charge in [0, 0.05) is 48.0 Å². The Morgan fingerprint density at radius 1 is 1.12 bits per heavy atom. The highest BCUT2D eigenvalue weighted by Gasteiger charge is 2.25. The highest BCUT2D eigenvalue weighted by Crippen LogP contribution is 2.38. The van der Waals surface area contributed by atoms with Crippen molar-refractivity contribution in [1.82, 2.24) is 19.9 Å². The molecule has 1 aliphatic heterocycles. The molecule has 0 bridgehead atoms. The van der Waals surface area contributed by atoms with Gasteiger partial charge in [0.1, 0.15) is 5.82 Å². The van der Waals surface area contributed by atoms with Gasteiger partial charge in [-0.1, -0.05) is 30.3 Å². The molecule has 172 valence electrons. The number of hydrogen-bond donors (Lipinski definition) is 3. The number of nitrogens with zero attached hydrogens (tertiary/aromatic N) is 4. The van der Waals surface area contributed by atoms with Crippen LogP contribution >= 0.6 is 11.3 Å². The van der Waals surface area contributed by atoms with Crippen LogP contribution in [-0.4, -0.2) is 56.1 Å². The first-order valence-corrected chi connectivity index (χ1v) is 11.7. The van der Waals surface area contributed by atoms with Crippen LogP contribution in [0.15, 0.2) is 61.2 Å². The SMILES string of the molecule is O=C(Nc1cnccn1)c1cnc(N[C@H]2CCCN(C(=O)O)C2)c2cc(-c3ccccc3)sc12. The van der Waals surface area contributed by atoms with Crippen molar-refractivity contribution in [1.29, 1.82) is 0 Å². The van der Waals surface area contributed by atoms with Gasteiger partial charge in [0.15, 0.2) is 5.82 Å². The van der Waals surface area contributed by atoms with E-state index < -0.39 is 6.09 Å². The summed E-state index contributed by atoms with van der Waals surface area (Å²) in [6, 6.07) is 11.9. The maximum absolute atomic E-state index is 13.1. The van der Waals surface area contributed by atoms with E-state index in [0.717, 1.165) is 33.4 Å². The Morgan fingerprint density at radius 3 is 2.74 bits per heavy atom. The summed E-state index contributed by atoms with van der Waals surface area (Å²) in [4.78, 5) is 39.6. The smallest absolute Gasteiger partial charge is 0.407 e. The first kappa shape index (κ1) is 21.8. The quantitative estimate of drug-likeness (QED) is 0.388. The van der Waals surface area contributed by atoms with Gasteiger partial charge in [-0.3, -0.25) is 9.78 Å². The Morgan fingerprint density at radius 2 is 1.97 bits per heavy atom. The van der Waals surface area contributed by atoms with Crippen molar-refractivity contribution < 1.29 is 14.7 Å². The van der Waals surface area contributed by atoms with Crippen LogP contribution in [0.2, 0.25) is 0 Å². The van der Waals surface area contributed by atoms with E-state index >= 15 is 0 Å². The summed E-state index contributed by atoms with van der Waals surface area (Å²) in [6.07, 6.45) is 6.81. The number of rotatable bonds is 5. The Kier molecular flexibility index (Phi) is 6.05. The number of hydrogen-bond acceptors (Lipinski definition) is 7. The molecule has 3 aromatic heterocycles. The first-order chi connectivity index (χ1) is 16.6. The van der Waals surface area contributed by atoms with E-state index in [-0.39, 0.29) is 11.9 Å². The molecule has 3 N–H and O–H groups in total. The maximum Gasteiger partial charge on any atom is 0.407 e. The second kappa shape index (κ2) is 9.44. The zero-order chi connectivity index (χ0) is 23.5. The number of fused-ring (bicyclic) bond motifs is 1. The van der Waals surface area contributed by atoms with Crippen molar-refractivity contribution in [3.05, 3.63) is 66.7 Å². The molecule has 0 unspecified atom stereocenters. The molecule has 9 nitrogen and oxygen atoms in total. The highest BCUT2D eigenvalue weighted by atomic mass is 32.1. The van der Waals surface area contributed by atoms with Crippen molar-refractivity contribution in [3.8, 4) is 10.4 Å². The average molecular weight is 475 g/mol. The predicted octanol–water partition coefficient (Wildman–Crippen LogP) is 4.56. The van der Waals surface area contributed by atoms with Gasteiger partial charge < -0.3 is 20.6 Å². The minimum absolute atomic E-state index is 0.0557. The fraction of sp³-hybridized carbons (Fsp3) is 0.208. The van der Waals surface area contributed by atoms with E-state index in [2.05, 4.69) is 25.6 Å². The predicted molar refractivity (Wildman–Crippen MR) is 131 cm³/mol. The van der Waals surface area contributed by atoms with Gasteiger partial charge in [-0.15, -0.1) is 11.3 Å². The average Bonchev–Trinajstić information content (AvgIpc) is 3.31. The number of benzene rings is 1. The summed E-state index contributed by atoms with van der Waals surface area (Å²) in [5.74, 6) is 0.682. The number of amides is 2. The minimum atomic E-state index is -0.914. The summed E-state index contributed by atoms with van der Waals surface area (Å²) in [5, 5.41) is 16.4. The number of piperidine rings is 1. The number of nitrogens with one attached hydrogen (secondary N) is 2. The van der Waals surface area contributed by atoms with E-state index in [1.165, 1.54) is 34.8 Å². The monoisotopic (exact) mass is 474 g/mol. The normalized spacial score (nSPS) is 15.8. The van der Waals surface area contributed by atoms with Crippen LogP contribution in [0.3, 0.4) is 0 Å². The van der Waals surface area contributed by atoms with Crippen LogP contribution in [0.4, 0.5) is 16.4 Å². The third-order valence-electron chi connectivity index (χ3n) is 5.70. The second-order valence-electron chi connectivity index (χ2n) is 8.00. The fourth-order valence-electron chi connectivity index (χ4n) is 4.06. The molecule has 1 atom stereocenters. The second-order valence-corrected chi connectivity index (χ2v) is 9.05. The molecule has 0 saturated carbocycles. The summed E-state index contributed by atoms with van der Waals surface area (Å²) in [5.41, 5.74) is 1.49. The van der Waals surface area contributed by atoms with E-state index in [9.17, 15) is 14.7 Å². The largest absolute Gasteiger partial charge is 0.465 e. The van der Waals surface area contributed by atoms with Crippen LogP contribution in [-0.2, 0) is 0 Å². The van der Waals surface area contributed by atoms with Crippen LogP contribution in [0.25, 0.3) is 20.5 Å². The zero-order valence-corrected chi connectivity index (χ0v) is 19.0. The summed E-state index contributed by atoms with van der Waals surface area (Å²) >= 11 is 1.52. The van der Waals surface area contributed by atoms with Gasteiger partial charge in [0.2, 0.25) is 0 Å². The number of carbonyl (C=O) groups excluding carboxylic acids is 1. The number of carboxylic acid groups (broad SMARTS) is 1.